The molecule has 0 spiro atoms. The van der Waals surface area contributed by atoms with E-state index in [0.29, 0.717) is 24.3 Å². The van der Waals surface area contributed by atoms with Crippen molar-refractivity contribution in [1.82, 2.24) is 9.55 Å². The number of hydrogen-bond acceptors (Lipinski definition) is 4. The second-order valence-electron chi connectivity index (χ2n) is 5.74. The molecule has 4 nitrogen and oxygen atoms in total. The number of thiophene rings is 1. The van der Waals surface area contributed by atoms with E-state index in [4.69, 9.17) is 4.74 Å². The topological polar surface area (TPSA) is 44.1 Å². The molecule has 2 aromatic heterocycles. The van der Waals surface area contributed by atoms with Crippen molar-refractivity contribution in [1.29, 1.82) is 0 Å². The van der Waals surface area contributed by atoms with E-state index < -0.39 is 0 Å². The number of fused-ring (bicyclic) bond motifs is 1. The molecular weight excluding hydrogens is 351 g/mol. The highest BCUT2D eigenvalue weighted by molar-refractivity contribution is 7.21. The van der Waals surface area contributed by atoms with Crippen LogP contribution in [0, 0.1) is 5.82 Å². The van der Waals surface area contributed by atoms with Crippen molar-refractivity contribution >= 4 is 21.6 Å². The number of rotatable bonds is 5. The minimum Gasteiger partial charge on any atom is -0.492 e. The maximum atomic E-state index is 12.9. The maximum Gasteiger partial charge on any atom is 0.262 e. The van der Waals surface area contributed by atoms with Gasteiger partial charge < -0.3 is 4.74 Å². The van der Waals surface area contributed by atoms with Crippen molar-refractivity contribution in [3.63, 3.8) is 0 Å². The van der Waals surface area contributed by atoms with Crippen LogP contribution in [0.1, 0.15) is 0 Å². The fourth-order valence-electron chi connectivity index (χ4n) is 2.66. The predicted octanol–water partition coefficient (Wildman–Crippen LogP) is 4.34. The Kier molecular flexibility index (Phi) is 4.50. The Labute approximate surface area is 153 Å². The van der Waals surface area contributed by atoms with Crippen molar-refractivity contribution in [2.24, 2.45) is 0 Å². The standard InChI is InChI=1S/C20H15FN2O2S/c21-15-6-8-16(9-7-15)25-11-10-23-13-22-19-17(20(23)24)12-18(26-19)14-4-2-1-3-5-14/h1-9,12-13H,10-11H2. The van der Waals surface area contributed by atoms with Crippen molar-refractivity contribution < 1.29 is 9.13 Å². The quantitative estimate of drug-likeness (QED) is 0.528. The van der Waals surface area contributed by atoms with Crippen LogP contribution in [0.3, 0.4) is 0 Å². The summed E-state index contributed by atoms with van der Waals surface area (Å²) in [6.07, 6.45) is 1.55. The second-order valence-corrected chi connectivity index (χ2v) is 6.77. The largest absolute Gasteiger partial charge is 0.492 e. The monoisotopic (exact) mass is 366 g/mol. The Bertz CT molecular complexity index is 1090. The van der Waals surface area contributed by atoms with Gasteiger partial charge in [0, 0.05) is 4.88 Å². The molecule has 0 amide bonds. The van der Waals surface area contributed by atoms with Crippen molar-refractivity contribution in [3.8, 4) is 16.2 Å². The lowest BCUT2D eigenvalue weighted by Crippen LogP contribution is -2.23. The highest BCUT2D eigenvalue weighted by Crippen LogP contribution is 2.30. The van der Waals surface area contributed by atoms with E-state index in [1.807, 2.05) is 36.4 Å². The van der Waals surface area contributed by atoms with Gasteiger partial charge in [-0.1, -0.05) is 30.3 Å². The summed E-state index contributed by atoms with van der Waals surface area (Å²) in [6, 6.07) is 17.6. The first kappa shape index (κ1) is 16.5. The molecule has 4 rings (SSSR count). The second kappa shape index (κ2) is 7.09. The van der Waals surface area contributed by atoms with E-state index >= 15 is 0 Å². The third-order valence-electron chi connectivity index (χ3n) is 3.99. The average molecular weight is 366 g/mol. The predicted molar refractivity (Wildman–Crippen MR) is 101 cm³/mol. The van der Waals surface area contributed by atoms with Gasteiger partial charge in [0.05, 0.1) is 18.3 Å². The van der Waals surface area contributed by atoms with Crippen molar-refractivity contribution in [2.45, 2.75) is 6.54 Å². The summed E-state index contributed by atoms with van der Waals surface area (Å²) in [6.45, 7) is 0.671. The summed E-state index contributed by atoms with van der Waals surface area (Å²) in [4.78, 5) is 18.8. The Morgan fingerprint density at radius 2 is 1.85 bits per heavy atom. The lowest BCUT2D eigenvalue weighted by Gasteiger charge is -2.07. The van der Waals surface area contributed by atoms with Crippen LogP contribution in [-0.2, 0) is 6.54 Å². The van der Waals surface area contributed by atoms with E-state index in [2.05, 4.69) is 4.98 Å². The molecule has 0 N–H and O–H groups in total. The summed E-state index contributed by atoms with van der Waals surface area (Å²) in [5.74, 6) is 0.255. The van der Waals surface area contributed by atoms with Crippen molar-refractivity contribution in [3.05, 3.63) is 83.2 Å². The molecule has 6 heteroatoms. The number of aromatic nitrogens is 2. The van der Waals surface area contributed by atoms with Gasteiger partial charge >= 0.3 is 0 Å². The first-order valence-corrected chi connectivity index (χ1v) is 8.95. The molecule has 0 fully saturated rings. The number of nitrogens with zero attached hydrogens (tertiary/aromatic N) is 2. The van der Waals surface area contributed by atoms with Gasteiger partial charge in [0.15, 0.2) is 0 Å². The molecule has 0 aliphatic carbocycles. The summed E-state index contributed by atoms with van der Waals surface area (Å²) in [5, 5.41) is 0.609. The van der Waals surface area contributed by atoms with E-state index in [0.717, 1.165) is 15.3 Å². The lowest BCUT2D eigenvalue weighted by molar-refractivity contribution is 0.295. The maximum absolute atomic E-state index is 12.9. The zero-order valence-corrected chi connectivity index (χ0v) is 14.6. The summed E-state index contributed by atoms with van der Waals surface area (Å²) < 4.78 is 20.0. The molecule has 0 saturated heterocycles. The van der Waals surface area contributed by atoms with Gasteiger partial charge in [0.1, 0.15) is 23.0 Å². The van der Waals surface area contributed by atoms with E-state index in [-0.39, 0.29) is 11.4 Å². The van der Waals surface area contributed by atoms with Crippen LogP contribution in [0.25, 0.3) is 20.7 Å². The zero-order valence-electron chi connectivity index (χ0n) is 13.8. The van der Waals surface area contributed by atoms with Crippen LogP contribution >= 0.6 is 11.3 Å². The molecule has 0 radical (unpaired) electrons. The first-order chi connectivity index (χ1) is 12.7. The van der Waals surface area contributed by atoms with Crippen molar-refractivity contribution in [2.75, 3.05) is 6.61 Å². The number of ether oxygens (including phenoxy) is 1. The molecule has 0 unspecified atom stereocenters. The SMILES string of the molecule is O=c1c2cc(-c3ccccc3)sc2ncn1CCOc1ccc(F)cc1. The van der Waals surface area contributed by atoms with Crippen LogP contribution in [0.4, 0.5) is 4.39 Å². The fourth-order valence-corrected chi connectivity index (χ4v) is 3.65. The van der Waals surface area contributed by atoms with E-state index in [1.165, 1.54) is 28.0 Å². The fraction of sp³-hybridized carbons (Fsp3) is 0.100. The highest BCUT2D eigenvalue weighted by atomic mass is 32.1. The summed E-state index contributed by atoms with van der Waals surface area (Å²) in [5.41, 5.74) is 0.984. The Balaban J connectivity index is 1.54. The van der Waals surface area contributed by atoms with Gasteiger partial charge in [-0.25, -0.2) is 9.37 Å². The lowest BCUT2D eigenvalue weighted by atomic mass is 10.2. The molecule has 2 aromatic carbocycles. The third-order valence-corrected chi connectivity index (χ3v) is 5.08. The number of hydrogen-bond donors (Lipinski definition) is 0. The molecule has 0 aliphatic rings. The van der Waals surface area contributed by atoms with Crippen LogP contribution in [0.15, 0.2) is 71.8 Å². The van der Waals surface area contributed by atoms with Gasteiger partial charge in [0.25, 0.3) is 5.56 Å². The van der Waals surface area contributed by atoms with Crippen LogP contribution in [0.5, 0.6) is 5.75 Å². The molecule has 2 heterocycles. The molecular formula is C20H15FN2O2S. The highest BCUT2D eigenvalue weighted by Gasteiger charge is 2.10. The molecule has 0 aliphatic heterocycles. The van der Waals surface area contributed by atoms with E-state index in [9.17, 15) is 9.18 Å². The Morgan fingerprint density at radius 1 is 1.08 bits per heavy atom. The van der Waals surface area contributed by atoms with Gasteiger partial charge in [-0.3, -0.25) is 9.36 Å². The van der Waals surface area contributed by atoms with Crippen LogP contribution in [-0.4, -0.2) is 16.2 Å². The minimum atomic E-state index is -0.310. The van der Waals surface area contributed by atoms with Gasteiger partial charge in [-0.15, -0.1) is 11.3 Å². The van der Waals surface area contributed by atoms with Gasteiger partial charge in [-0.05, 0) is 35.9 Å². The van der Waals surface area contributed by atoms with Crippen LogP contribution < -0.4 is 10.3 Å². The Morgan fingerprint density at radius 3 is 2.62 bits per heavy atom. The average Bonchev–Trinajstić information content (AvgIpc) is 3.11. The Hall–Kier alpha value is -2.99. The molecule has 26 heavy (non-hydrogen) atoms. The molecule has 4 aromatic rings. The minimum absolute atomic E-state index is 0.0869. The zero-order chi connectivity index (χ0) is 17.9. The first-order valence-electron chi connectivity index (χ1n) is 8.13. The molecule has 0 bridgehead atoms. The molecule has 0 saturated carbocycles. The van der Waals surface area contributed by atoms with E-state index in [1.54, 1.807) is 18.5 Å². The normalized spacial score (nSPS) is 11.0. The molecule has 130 valence electrons. The smallest absolute Gasteiger partial charge is 0.262 e. The van der Waals surface area contributed by atoms with Gasteiger partial charge in [0.2, 0.25) is 0 Å². The number of halogens is 1. The van der Waals surface area contributed by atoms with Gasteiger partial charge in [-0.2, -0.15) is 0 Å². The third kappa shape index (κ3) is 3.36. The summed E-state index contributed by atoms with van der Waals surface area (Å²) >= 11 is 1.50. The summed E-state index contributed by atoms with van der Waals surface area (Å²) in [7, 11) is 0. The number of benzene rings is 2. The van der Waals surface area contributed by atoms with Crippen LogP contribution in [0.2, 0.25) is 0 Å². The molecule has 0 atom stereocenters.